The minimum absolute atomic E-state index is 0.0415. The Labute approximate surface area is 327 Å². The van der Waals surface area contributed by atoms with Crippen LogP contribution >= 0.6 is 0 Å². The first-order valence-electron chi connectivity index (χ1n) is 19.7. The van der Waals surface area contributed by atoms with Gasteiger partial charge in [0.15, 0.2) is 0 Å². The Hall–Kier alpha value is -6.72. The maximum absolute atomic E-state index is 2.60. The normalized spacial score (nSPS) is 13.6. The van der Waals surface area contributed by atoms with Crippen molar-refractivity contribution in [3.05, 3.63) is 175 Å². The van der Waals surface area contributed by atoms with Crippen LogP contribution < -0.4 is 26.3 Å². The number of hydrogen-bond acceptors (Lipinski definition) is 2. The van der Waals surface area contributed by atoms with Crippen LogP contribution in [-0.4, -0.2) is 15.8 Å². The SMILES string of the molecule is Cc1cc2c3c(c1)N(c1ccc(C(C)(C)C)cc1)c1c(c4ccccc4n1-c1ccccc1)B3c1c3c4c(cccc4n1-c1ccccc1)-c1ccccc1N23. The van der Waals surface area contributed by atoms with Crippen molar-refractivity contribution < 1.29 is 0 Å². The van der Waals surface area contributed by atoms with Gasteiger partial charge in [-0.05, 0) is 112 Å². The van der Waals surface area contributed by atoms with Crippen molar-refractivity contribution in [2.75, 3.05) is 9.80 Å². The van der Waals surface area contributed by atoms with E-state index in [1.807, 2.05) is 0 Å². The van der Waals surface area contributed by atoms with Crippen LogP contribution in [0.3, 0.4) is 0 Å². The first kappa shape index (κ1) is 31.6. The van der Waals surface area contributed by atoms with Crippen molar-refractivity contribution in [3.8, 4) is 22.5 Å². The number of para-hydroxylation sites is 4. The molecule has 9 aromatic rings. The van der Waals surface area contributed by atoms with Crippen LogP contribution in [0.4, 0.5) is 34.3 Å². The van der Waals surface area contributed by atoms with Gasteiger partial charge in [-0.3, -0.25) is 9.47 Å². The van der Waals surface area contributed by atoms with Crippen molar-refractivity contribution in [3.63, 3.8) is 0 Å². The second-order valence-electron chi connectivity index (χ2n) is 16.7. The molecule has 5 heteroatoms. The third-order valence-electron chi connectivity index (χ3n) is 12.4. The largest absolute Gasteiger partial charge is 0.319 e. The highest BCUT2D eigenvalue weighted by Gasteiger charge is 2.50. The van der Waals surface area contributed by atoms with Crippen molar-refractivity contribution in [1.82, 2.24) is 9.13 Å². The predicted molar refractivity (Wildman–Crippen MR) is 237 cm³/mol. The average Bonchev–Trinajstić information content (AvgIpc) is 3.75. The van der Waals surface area contributed by atoms with Gasteiger partial charge in [-0.1, -0.05) is 118 Å². The Morgan fingerprint density at radius 2 is 1.09 bits per heavy atom. The first-order valence-corrected chi connectivity index (χ1v) is 19.7. The van der Waals surface area contributed by atoms with E-state index in [1.54, 1.807) is 0 Å². The Bertz CT molecular complexity index is 3080. The van der Waals surface area contributed by atoms with Crippen molar-refractivity contribution in [2.45, 2.75) is 33.1 Å². The average molecular weight is 719 g/mol. The van der Waals surface area contributed by atoms with Crippen LogP contribution in [0.15, 0.2) is 164 Å². The van der Waals surface area contributed by atoms with E-state index in [-0.39, 0.29) is 12.1 Å². The Morgan fingerprint density at radius 3 is 1.82 bits per heavy atom. The van der Waals surface area contributed by atoms with Crippen LogP contribution in [0.5, 0.6) is 0 Å². The van der Waals surface area contributed by atoms with Gasteiger partial charge in [-0.25, -0.2) is 0 Å². The number of fused-ring (bicyclic) bond motifs is 9. The van der Waals surface area contributed by atoms with Gasteiger partial charge in [0.05, 0.1) is 22.4 Å². The molecule has 2 aromatic heterocycles. The number of benzene rings is 7. The summed E-state index contributed by atoms with van der Waals surface area (Å²) in [4.78, 5) is 5.17. The van der Waals surface area contributed by atoms with E-state index < -0.39 is 0 Å². The fourth-order valence-corrected chi connectivity index (χ4v) is 10.1. The zero-order valence-corrected chi connectivity index (χ0v) is 32.0. The molecule has 0 amide bonds. The lowest BCUT2D eigenvalue weighted by molar-refractivity contribution is 0.590. The molecule has 56 heavy (non-hydrogen) atoms. The first-order chi connectivity index (χ1) is 27.4. The summed E-state index contributed by atoms with van der Waals surface area (Å²) < 4.78 is 5.10. The Morgan fingerprint density at radius 1 is 0.482 bits per heavy atom. The molecule has 0 saturated carbocycles. The quantitative estimate of drug-likeness (QED) is 0.169. The minimum Gasteiger partial charge on any atom is -0.319 e. The Kier molecular flexibility index (Phi) is 6.31. The summed E-state index contributed by atoms with van der Waals surface area (Å²) in [7, 11) is 0. The highest BCUT2D eigenvalue weighted by atomic mass is 15.3. The number of anilines is 6. The summed E-state index contributed by atoms with van der Waals surface area (Å²) >= 11 is 0. The molecule has 0 N–H and O–H groups in total. The zero-order valence-electron chi connectivity index (χ0n) is 32.0. The molecule has 12 rings (SSSR count). The molecule has 0 radical (unpaired) electrons. The highest BCUT2D eigenvalue weighted by Crippen LogP contribution is 2.55. The molecule has 0 bridgehead atoms. The summed E-state index contributed by atoms with van der Waals surface area (Å²) in [6.07, 6.45) is 0. The highest BCUT2D eigenvalue weighted by molar-refractivity contribution is 7.01. The van der Waals surface area contributed by atoms with Gasteiger partial charge in [-0.15, -0.1) is 0 Å². The van der Waals surface area contributed by atoms with E-state index in [4.69, 9.17) is 0 Å². The van der Waals surface area contributed by atoms with E-state index in [1.165, 1.54) is 94.8 Å². The summed E-state index contributed by atoms with van der Waals surface area (Å²) in [6.45, 7) is 9.08. The van der Waals surface area contributed by atoms with Gasteiger partial charge in [-0.2, -0.15) is 0 Å². The molecule has 0 spiro atoms. The molecule has 0 fully saturated rings. The van der Waals surface area contributed by atoms with Gasteiger partial charge in [0.25, 0.3) is 6.71 Å². The third-order valence-corrected chi connectivity index (χ3v) is 12.4. The second kappa shape index (κ2) is 11.2. The molecule has 4 nitrogen and oxygen atoms in total. The van der Waals surface area contributed by atoms with Crippen LogP contribution in [0.25, 0.3) is 44.3 Å². The maximum Gasteiger partial charge on any atom is 0.276 e. The van der Waals surface area contributed by atoms with Crippen molar-refractivity contribution in [1.29, 1.82) is 0 Å². The molecule has 5 heterocycles. The van der Waals surface area contributed by atoms with Crippen LogP contribution in [-0.2, 0) is 5.41 Å². The molecule has 0 atom stereocenters. The van der Waals surface area contributed by atoms with E-state index in [0.717, 1.165) is 11.4 Å². The van der Waals surface area contributed by atoms with Gasteiger partial charge in [0.2, 0.25) is 0 Å². The van der Waals surface area contributed by atoms with Crippen molar-refractivity contribution >= 4 is 79.3 Å². The van der Waals surface area contributed by atoms with Crippen LogP contribution in [0.2, 0.25) is 0 Å². The van der Waals surface area contributed by atoms with Crippen LogP contribution in [0.1, 0.15) is 31.9 Å². The van der Waals surface area contributed by atoms with Gasteiger partial charge in [0.1, 0.15) is 5.82 Å². The number of aromatic nitrogens is 2. The number of hydrogen-bond donors (Lipinski definition) is 0. The Balaban J connectivity index is 1.30. The molecule has 3 aliphatic rings. The summed E-state index contributed by atoms with van der Waals surface area (Å²) in [5, 5.41) is 2.58. The second-order valence-corrected chi connectivity index (χ2v) is 16.7. The lowest BCUT2D eigenvalue weighted by Crippen LogP contribution is -2.63. The molecule has 0 unspecified atom stereocenters. The molecular weight excluding hydrogens is 679 g/mol. The lowest BCUT2D eigenvalue weighted by Gasteiger charge is -2.44. The number of nitrogens with zero attached hydrogens (tertiary/aromatic N) is 4. The summed E-state index contributed by atoms with van der Waals surface area (Å²) in [5.41, 5.74) is 20.0. The number of aryl methyl sites for hydroxylation is 1. The van der Waals surface area contributed by atoms with Gasteiger partial charge in [0, 0.05) is 45.0 Å². The smallest absolute Gasteiger partial charge is 0.276 e. The van der Waals surface area contributed by atoms with Gasteiger partial charge < -0.3 is 9.47 Å². The molecular formula is C51H39BN4. The zero-order chi connectivity index (χ0) is 37.4. The molecule has 0 aliphatic carbocycles. The minimum atomic E-state index is -0.0625. The molecule has 7 aromatic carbocycles. The maximum atomic E-state index is 2.60. The van der Waals surface area contributed by atoms with E-state index in [2.05, 4.69) is 210 Å². The fraction of sp³-hybridized carbons (Fsp3) is 0.0980. The lowest BCUT2D eigenvalue weighted by atomic mass is 9.35. The summed E-state index contributed by atoms with van der Waals surface area (Å²) in [5.74, 6) is 1.19. The van der Waals surface area contributed by atoms with E-state index >= 15 is 0 Å². The van der Waals surface area contributed by atoms with Crippen LogP contribution in [0, 0.1) is 6.92 Å². The van der Waals surface area contributed by atoms with Gasteiger partial charge >= 0.3 is 0 Å². The molecule has 0 saturated heterocycles. The third kappa shape index (κ3) is 4.09. The predicted octanol–water partition coefficient (Wildman–Crippen LogP) is 11.2. The molecule has 266 valence electrons. The standard InChI is InChI=1S/C51H39BN4/c1-32-30-43-47-44(31-32)56-40-23-13-11-20-37(40)38-22-15-25-42-45(38)48(56)49(53(42)34-16-7-5-8-17-34)52(47)46-39-21-12-14-24-41(39)54(35-18-9-6-10-19-35)50(46)55(43)36-28-26-33(27-29-36)51(2,3)4/h5-31H,1-4H3. The number of rotatable bonds is 3. The summed E-state index contributed by atoms with van der Waals surface area (Å²) in [6, 6.07) is 61.1. The monoisotopic (exact) mass is 718 g/mol. The van der Waals surface area contributed by atoms with E-state index in [0.29, 0.717) is 0 Å². The fourth-order valence-electron chi connectivity index (χ4n) is 10.1. The van der Waals surface area contributed by atoms with Crippen molar-refractivity contribution in [2.24, 2.45) is 0 Å². The topological polar surface area (TPSA) is 16.3 Å². The van der Waals surface area contributed by atoms with E-state index in [9.17, 15) is 0 Å². The molecule has 3 aliphatic heterocycles.